The molecular formula is C11H7FN4. The molecule has 16 heavy (non-hydrogen) atoms. The van der Waals surface area contributed by atoms with Gasteiger partial charge in [-0.2, -0.15) is 10.2 Å². The van der Waals surface area contributed by atoms with Crippen LogP contribution in [-0.4, -0.2) is 19.8 Å². The molecule has 0 spiro atoms. The second-order valence-corrected chi connectivity index (χ2v) is 3.32. The lowest BCUT2D eigenvalue weighted by Crippen LogP contribution is -2.00. The van der Waals surface area contributed by atoms with E-state index in [1.807, 2.05) is 0 Å². The van der Waals surface area contributed by atoms with Crippen LogP contribution in [0.1, 0.15) is 0 Å². The summed E-state index contributed by atoms with van der Waals surface area (Å²) in [6, 6.07) is 8.22. The van der Waals surface area contributed by atoms with Gasteiger partial charge in [-0.15, -0.1) is 5.10 Å². The number of rotatable bonds is 1. The van der Waals surface area contributed by atoms with Gasteiger partial charge in [0, 0.05) is 0 Å². The standard InChI is InChI=1S/C11H7FN4/c12-10-4-2-1-3-9(10)11-15-13-7-8-5-6-14-16(8)11/h1-7H. The molecule has 0 aliphatic rings. The zero-order valence-corrected chi connectivity index (χ0v) is 8.21. The molecule has 0 aliphatic heterocycles. The maximum absolute atomic E-state index is 13.6. The topological polar surface area (TPSA) is 43.1 Å². The molecule has 3 rings (SSSR count). The lowest BCUT2D eigenvalue weighted by Gasteiger charge is -2.03. The maximum atomic E-state index is 13.6. The quantitative estimate of drug-likeness (QED) is 0.621. The van der Waals surface area contributed by atoms with Crippen LogP contribution in [0.5, 0.6) is 0 Å². The Labute approximate surface area is 90.4 Å². The van der Waals surface area contributed by atoms with Crippen LogP contribution in [0.25, 0.3) is 16.9 Å². The van der Waals surface area contributed by atoms with Gasteiger partial charge in [-0.25, -0.2) is 8.91 Å². The predicted molar refractivity (Wildman–Crippen MR) is 56.2 cm³/mol. The van der Waals surface area contributed by atoms with E-state index in [1.54, 1.807) is 41.2 Å². The van der Waals surface area contributed by atoms with E-state index < -0.39 is 0 Å². The zero-order chi connectivity index (χ0) is 11.0. The highest BCUT2D eigenvalue weighted by molar-refractivity contribution is 5.59. The van der Waals surface area contributed by atoms with Crippen LogP contribution in [0.2, 0.25) is 0 Å². The zero-order valence-electron chi connectivity index (χ0n) is 8.21. The van der Waals surface area contributed by atoms with Gasteiger partial charge in [-0.1, -0.05) is 12.1 Å². The van der Waals surface area contributed by atoms with Crippen molar-refractivity contribution in [2.75, 3.05) is 0 Å². The third-order valence-corrected chi connectivity index (χ3v) is 2.33. The van der Waals surface area contributed by atoms with Crippen molar-refractivity contribution in [1.82, 2.24) is 19.8 Å². The Kier molecular flexibility index (Phi) is 1.89. The molecule has 0 radical (unpaired) electrons. The summed E-state index contributed by atoms with van der Waals surface area (Å²) >= 11 is 0. The van der Waals surface area contributed by atoms with Gasteiger partial charge in [0.2, 0.25) is 0 Å². The molecule has 0 aliphatic carbocycles. The number of nitrogens with zero attached hydrogens (tertiary/aromatic N) is 4. The number of halogens is 1. The van der Waals surface area contributed by atoms with Crippen molar-refractivity contribution in [3.05, 3.63) is 48.5 Å². The highest BCUT2D eigenvalue weighted by Crippen LogP contribution is 2.19. The van der Waals surface area contributed by atoms with Gasteiger partial charge in [0.05, 0.1) is 23.5 Å². The van der Waals surface area contributed by atoms with Gasteiger partial charge in [0.15, 0.2) is 5.82 Å². The van der Waals surface area contributed by atoms with E-state index in [0.717, 1.165) is 5.52 Å². The monoisotopic (exact) mass is 214 g/mol. The Bertz CT molecular complexity index is 647. The fourth-order valence-corrected chi connectivity index (χ4v) is 1.58. The van der Waals surface area contributed by atoms with Crippen molar-refractivity contribution >= 4 is 5.52 Å². The summed E-state index contributed by atoms with van der Waals surface area (Å²) in [6.45, 7) is 0. The molecule has 0 saturated heterocycles. The van der Waals surface area contributed by atoms with Gasteiger partial charge < -0.3 is 0 Å². The molecule has 0 N–H and O–H groups in total. The van der Waals surface area contributed by atoms with Crippen LogP contribution < -0.4 is 0 Å². The first-order chi connectivity index (χ1) is 7.86. The summed E-state index contributed by atoms with van der Waals surface area (Å²) in [6.07, 6.45) is 3.21. The highest BCUT2D eigenvalue weighted by Gasteiger charge is 2.10. The predicted octanol–water partition coefficient (Wildman–Crippen LogP) is 1.93. The Morgan fingerprint density at radius 3 is 2.88 bits per heavy atom. The van der Waals surface area contributed by atoms with E-state index >= 15 is 0 Å². The van der Waals surface area contributed by atoms with Crippen LogP contribution in [0.15, 0.2) is 42.7 Å². The molecule has 1 aromatic carbocycles. The van der Waals surface area contributed by atoms with Crippen LogP contribution in [0, 0.1) is 5.82 Å². The van der Waals surface area contributed by atoms with Gasteiger partial charge >= 0.3 is 0 Å². The Morgan fingerprint density at radius 1 is 1.12 bits per heavy atom. The Balaban J connectivity index is 2.34. The van der Waals surface area contributed by atoms with Gasteiger partial charge in [-0.05, 0) is 18.2 Å². The van der Waals surface area contributed by atoms with E-state index in [9.17, 15) is 4.39 Å². The molecule has 2 aromatic heterocycles. The second kappa shape index (κ2) is 3.37. The Hall–Kier alpha value is -2.30. The number of aromatic nitrogens is 4. The van der Waals surface area contributed by atoms with Crippen molar-refractivity contribution in [3.8, 4) is 11.4 Å². The van der Waals surface area contributed by atoms with Crippen molar-refractivity contribution in [2.24, 2.45) is 0 Å². The minimum atomic E-state index is -0.334. The average molecular weight is 214 g/mol. The first kappa shape index (κ1) is 8.96. The molecule has 0 atom stereocenters. The average Bonchev–Trinajstić information content (AvgIpc) is 2.77. The lowest BCUT2D eigenvalue weighted by molar-refractivity contribution is 0.628. The summed E-state index contributed by atoms with van der Waals surface area (Å²) in [5.41, 5.74) is 1.18. The van der Waals surface area contributed by atoms with Gasteiger partial charge in [0.1, 0.15) is 5.82 Å². The van der Waals surface area contributed by atoms with Crippen LogP contribution in [0.4, 0.5) is 4.39 Å². The number of hydrogen-bond acceptors (Lipinski definition) is 3. The third-order valence-electron chi connectivity index (χ3n) is 2.33. The fourth-order valence-electron chi connectivity index (χ4n) is 1.58. The SMILES string of the molecule is Fc1ccccc1-c1nncc2ccnn12. The molecule has 3 aromatic rings. The van der Waals surface area contributed by atoms with Crippen molar-refractivity contribution < 1.29 is 4.39 Å². The molecular weight excluding hydrogens is 207 g/mol. The number of benzene rings is 1. The maximum Gasteiger partial charge on any atom is 0.186 e. The minimum Gasteiger partial charge on any atom is -0.211 e. The first-order valence-electron chi connectivity index (χ1n) is 4.76. The van der Waals surface area contributed by atoms with Gasteiger partial charge in [-0.3, -0.25) is 0 Å². The normalized spacial score (nSPS) is 10.8. The van der Waals surface area contributed by atoms with E-state index in [0.29, 0.717) is 11.4 Å². The number of hydrogen-bond donors (Lipinski definition) is 0. The molecule has 4 nitrogen and oxygen atoms in total. The summed E-state index contributed by atoms with van der Waals surface area (Å²) in [5, 5.41) is 11.8. The molecule has 0 unspecified atom stereocenters. The molecule has 0 amide bonds. The summed E-state index contributed by atoms with van der Waals surface area (Å²) in [5.74, 6) is 0.0698. The van der Waals surface area contributed by atoms with Crippen molar-refractivity contribution in [3.63, 3.8) is 0 Å². The highest BCUT2D eigenvalue weighted by atomic mass is 19.1. The molecule has 78 valence electrons. The molecule has 0 bridgehead atoms. The van der Waals surface area contributed by atoms with E-state index in [4.69, 9.17) is 0 Å². The third kappa shape index (κ3) is 1.25. The van der Waals surface area contributed by atoms with Gasteiger partial charge in [0.25, 0.3) is 0 Å². The lowest BCUT2D eigenvalue weighted by atomic mass is 10.2. The Morgan fingerprint density at radius 2 is 2.00 bits per heavy atom. The summed E-state index contributed by atoms with van der Waals surface area (Å²) < 4.78 is 15.2. The molecule has 5 heteroatoms. The largest absolute Gasteiger partial charge is 0.211 e. The van der Waals surface area contributed by atoms with E-state index in [1.165, 1.54) is 6.07 Å². The van der Waals surface area contributed by atoms with Crippen molar-refractivity contribution in [2.45, 2.75) is 0 Å². The van der Waals surface area contributed by atoms with Crippen LogP contribution in [0.3, 0.4) is 0 Å². The second-order valence-electron chi connectivity index (χ2n) is 3.32. The molecule has 0 saturated carbocycles. The fraction of sp³-hybridized carbons (Fsp3) is 0. The smallest absolute Gasteiger partial charge is 0.186 e. The minimum absolute atomic E-state index is 0.334. The van der Waals surface area contributed by atoms with Crippen molar-refractivity contribution in [1.29, 1.82) is 0 Å². The number of fused-ring (bicyclic) bond motifs is 1. The molecule has 2 heterocycles. The molecule has 0 fully saturated rings. The summed E-state index contributed by atoms with van der Waals surface area (Å²) in [7, 11) is 0. The van der Waals surface area contributed by atoms with Crippen LogP contribution >= 0.6 is 0 Å². The summed E-state index contributed by atoms with van der Waals surface area (Å²) in [4.78, 5) is 0. The van der Waals surface area contributed by atoms with E-state index in [2.05, 4.69) is 15.3 Å². The first-order valence-corrected chi connectivity index (χ1v) is 4.76. The van der Waals surface area contributed by atoms with E-state index in [-0.39, 0.29) is 5.82 Å². The van der Waals surface area contributed by atoms with Crippen LogP contribution in [-0.2, 0) is 0 Å².